The number of rotatable bonds is 3. The molecule has 3 N–H and O–H groups in total. The third-order valence-corrected chi connectivity index (χ3v) is 2.90. The van der Waals surface area contributed by atoms with Gasteiger partial charge in [-0.1, -0.05) is 0 Å². The van der Waals surface area contributed by atoms with Gasteiger partial charge in [0.15, 0.2) is 0 Å². The highest BCUT2D eigenvalue weighted by molar-refractivity contribution is 4.77. The van der Waals surface area contributed by atoms with E-state index in [1.54, 1.807) is 0 Å². The average Bonchev–Trinajstić information content (AvgIpc) is 2.29. The van der Waals surface area contributed by atoms with Crippen molar-refractivity contribution in [2.45, 2.75) is 25.5 Å². The summed E-state index contributed by atoms with van der Waals surface area (Å²) < 4.78 is 0. The number of hydrogen-bond donors (Lipinski definition) is 2. The molecule has 1 saturated heterocycles. The van der Waals surface area contributed by atoms with Crippen LogP contribution in [0.1, 0.15) is 13.3 Å². The molecule has 84 valence electrons. The fourth-order valence-corrected chi connectivity index (χ4v) is 2.04. The maximum atomic E-state index is 9.51. The summed E-state index contributed by atoms with van der Waals surface area (Å²) >= 11 is 0. The van der Waals surface area contributed by atoms with Gasteiger partial charge < -0.3 is 15.7 Å². The summed E-state index contributed by atoms with van der Waals surface area (Å²) in [6.07, 6.45) is 0.804. The first kappa shape index (κ1) is 11.9. The number of β-amino-alcohol motifs (C(OH)–C–C–N with tert-alkyl or cyclic N) is 1. The summed E-state index contributed by atoms with van der Waals surface area (Å²) in [5.41, 5.74) is 5.41. The van der Waals surface area contributed by atoms with Crippen molar-refractivity contribution in [2.24, 2.45) is 5.73 Å². The Hall–Kier alpha value is -0.160. The Morgan fingerprint density at radius 3 is 2.86 bits per heavy atom. The van der Waals surface area contributed by atoms with Gasteiger partial charge in [-0.05, 0) is 33.5 Å². The second-order valence-electron chi connectivity index (χ2n) is 4.35. The summed E-state index contributed by atoms with van der Waals surface area (Å²) in [5.74, 6) is 0. The van der Waals surface area contributed by atoms with Gasteiger partial charge in [0, 0.05) is 25.7 Å². The molecule has 14 heavy (non-hydrogen) atoms. The lowest BCUT2D eigenvalue weighted by Gasteiger charge is -2.29. The Morgan fingerprint density at radius 2 is 2.21 bits per heavy atom. The van der Waals surface area contributed by atoms with E-state index < -0.39 is 0 Å². The normalized spacial score (nSPS) is 28.7. The van der Waals surface area contributed by atoms with Gasteiger partial charge in [0.1, 0.15) is 0 Å². The van der Waals surface area contributed by atoms with Crippen molar-refractivity contribution in [3.63, 3.8) is 0 Å². The van der Waals surface area contributed by atoms with Crippen LogP contribution in [0.5, 0.6) is 0 Å². The Morgan fingerprint density at radius 1 is 1.50 bits per heavy atom. The molecule has 1 rings (SSSR count). The van der Waals surface area contributed by atoms with Crippen LogP contribution < -0.4 is 5.73 Å². The van der Waals surface area contributed by atoms with E-state index in [1.165, 1.54) is 6.42 Å². The lowest BCUT2D eigenvalue weighted by molar-refractivity contribution is 0.0971. The maximum Gasteiger partial charge on any atom is 0.0789 e. The van der Waals surface area contributed by atoms with Gasteiger partial charge in [-0.25, -0.2) is 0 Å². The van der Waals surface area contributed by atoms with E-state index in [9.17, 15) is 5.11 Å². The molecule has 4 heteroatoms. The second kappa shape index (κ2) is 5.66. The molecule has 1 aliphatic heterocycles. The largest absolute Gasteiger partial charge is 0.390 e. The van der Waals surface area contributed by atoms with Gasteiger partial charge in [-0.3, -0.25) is 4.90 Å². The summed E-state index contributed by atoms with van der Waals surface area (Å²) in [4.78, 5) is 4.68. The van der Waals surface area contributed by atoms with E-state index in [0.29, 0.717) is 19.1 Å². The molecule has 0 amide bonds. The summed E-state index contributed by atoms with van der Waals surface area (Å²) in [6, 6.07) is 0.517. The molecule has 0 aromatic rings. The molecule has 0 radical (unpaired) electrons. The molecule has 0 aromatic carbocycles. The van der Waals surface area contributed by atoms with Gasteiger partial charge in [-0.2, -0.15) is 0 Å². The third-order valence-electron chi connectivity index (χ3n) is 2.90. The number of hydrogen-bond acceptors (Lipinski definition) is 4. The summed E-state index contributed by atoms with van der Waals surface area (Å²) in [7, 11) is 2.15. The van der Waals surface area contributed by atoms with Crippen LogP contribution in [0.3, 0.4) is 0 Å². The first-order chi connectivity index (χ1) is 6.63. The SMILES string of the molecule is CC1CN(C)CCCN1C[C@@H](O)CN. The minimum Gasteiger partial charge on any atom is -0.390 e. The van der Waals surface area contributed by atoms with Crippen LogP contribution in [-0.4, -0.2) is 66.8 Å². The molecular weight excluding hydrogens is 178 g/mol. The van der Waals surface area contributed by atoms with E-state index in [4.69, 9.17) is 5.73 Å². The fourth-order valence-electron chi connectivity index (χ4n) is 2.04. The summed E-state index contributed by atoms with van der Waals surface area (Å²) in [6.45, 7) is 6.59. The van der Waals surface area contributed by atoms with E-state index in [0.717, 1.165) is 19.6 Å². The Balaban J connectivity index is 2.42. The number of aliphatic hydroxyl groups excluding tert-OH is 1. The van der Waals surface area contributed by atoms with Gasteiger partial charge in [-0.15, -0.1) is 0 Å². The predicted molar refractivity (Wildman–Crippen MR) is 58.2 cm³/mol. The van der Waals surface area contributed by atoms with Crippen LogP contribution in [0.15, 0.2) is 0 Å². The van der Waals surface area contributed by atoms with Crippen molar-refractivity contribution >= 4 is 0 Å². The molecule has 1 unspecified atom stereocenters. The van der Waals surface area contributed by atoms with Crippen LogP contribution in [0.25, 0.3) is 0 Å². The van der Waals surface area contributed by atoms with Crippen molar-refractivity contribution in [3.8, 4) is 0 Å². The van der Waals surface area contributed by atoms with Gasteiger partial charge in [0.05, 0.1) is 6.10 Å². The van der Waals surface area contributed by atoms with E-state index in [-0.39, 0.29) is 6.10 Å². The highest BCUT2D eigenvalue weighted by Crippen LogP contribution is 2.08. The number of aliphatic hydroxyl groups is 1. The molecule has 0 spiro atoms. The molecule has 4 nitrogen and oxygen atoms in total. The molecule has 0 aromatic heterocycles. The van der Waals surface area contributed by atoms with Crippen molar-refractivity contribution in [2.75, 3.05) is 39.8 Å². The molecule has 2 atom stereocenters. The van der Waals surface area contributed by atoms with Crippen LogP contribution in [0.2, 0.25) is 0 Å². The highest BCUT2D eigenvalue weighted by Gasteiger charge is 2.20. The van der Waals surface area contributed by atoms with Crippen molar-refractivity contribution in [1.29, 1.82) is 0 Å². The Bertz CT molecular complexity index is 165. The number of nitrogens with two attached hydrogens (primary N) is 1. The zero-order chi connectivity index (χ0) is 10.6. The zero-order valence-electron chi connectivity index (χ0n) is 9.32. The first-order valence-corrected chi connectivity index (χ1v) is 5.44. The zero-order valence-corrected chi connectivity index (χ0v) is 9.32. The minimum absolute atomic E-state index is 0.360. The monoisotopic (exact) mass is 201 g/mol. The standard InChI is InChI=1S/C10H23N3O/c1-9-7-12(2)4-3-5-13(9)8-10(14)6-11/h9-10,14H,3-8,11H2,1-2H3/t9?,10-/m0/s1. The van der Waals surface area contributed by atoms with E-state index in [1.807, 2.05) is 0 Å². The first-order valence-electron chi connectivity index (χ1n) is 5.44. The maximum absolute atomic E-state index is 9.51. The summed E-state index contributed by atoms with van der Waals surface area (Å²) in [5, 5.41) is 9.51. The molecular formula is C10H23N3O. The van der Waals surface area contributed by atoms with E-state index >= 15 is 0 Å². The average molecular weight is 201 g/mol. The fraction of sp³-hybridized carbons (Fsp3) is 1.00. The molecule has 1 aliphatic rings. The molecule has 1 heterocycles. The van der Waals surface area contributed by atoms with Crippen LogP contribution in [0.4, 0.5) is 0 Å². The molecule has 1 fully saturated rings. The molecule has 0 bridgehead atoms. The predicted octanol–water partition coefficient (Wildman–Crippen LogP) is -0.668. The van der Waals surface area contributed by atoms with Gasteiger partial charge in [0.2, 0.25) is 0 Å². The van der Waals surface area contributed by atoms with Crippen LogP contribution >= 0.6 is 0 Å². The number of nitrogens with zero attached hydrogens (tertiary/aromatic N) is 2. The van der Waals surface area contributed by atoms with Crippen LogP contribution in [0, 0.1) is 0 Å². The topological polar surface area (TPSA) is 52.7 Å². The highest BCUT2D eigenvalue weighted by atomic mass is 16.3. The van der Waals surface area contributed by atoms with Crippen LogP contribution in [-0.2, 0) is 0 Å². The number of likely N-dealkylation sites (N-methyl/N-ethyl adjacent to an activating group) is 1. The Labute approximate surface area is 86.7 Å². The molecule has 0 aliphatic carbocycles. The minimum atomic E-state index is -0.374. The Kier molecular flexibility index (Phi) is 4.81. The van der Waals surface area contributed by atoms with Crippen molar-refractivity contribution in [3.05, 3.63) is 0 Å². The lowest BCUT2D eigenvalue weighted by Crippen LogP contribution is -2.43. The lowest BCUT2D eigenvalue weighted by atomic mass is 10.2. The van der Waals surface area contributed by atoms with Gasteiger partial charge >= 0.3 is 0 Å². The second-order valence-corrected chi connectivity index (χ2v) is 4.35. The quantitative estimate of drug-likeness (QED) is 0.636. The van der Waals surface area contributed by atoms with Crippen molar-refractivity contribution < 1.29 is 5.11 Å². The molecule has 0 saturated carbocycles. The smallest absolute Gasteiger partial charge is 0.0789 e. The third kappa shape index (κ3) is 3.53. The van der Waals surface area contributed by atoms with E-state index in [2.05, 4.69) is 23.8 Å². The van der Waals surface area contributed by atoms with Crippen molar-refractivity contribution in [1.82, 2.24) is 9.80 Å². The van der Waals surface area contributed by atoms with Gasteiger partial charge in [0.25, 0.3) is 0 Å².